The second-order valence-corrected chi connectivity index (χ2v) is 4.27. The monoisotopic (exact) mass is 218 g/mol. The molecule has 1 unspecified atom stereocenters. The number of rotatable bonds is 4. The van der Waals surface area contributed by atoms with Crippen LogP contribution in [0.3, 0.4) is 0 Å². The van der Waals surface area contributed by atoms with Gasteiger partial charge in [0, 0.05) is 12.3 Å². The van der Waals surface area contributed by atoms with Crippen LogP contribution in [0.2, 0.25) is 0 Å². The lowest BCUT2D eigenvalue weighted by Gasteiger charge is -2.09. The van der Waals surface area contributed by atoms with Gasteiger partial charge in [0.05, 0.1) is 11.8 Å². The molecule has 1 aliphatic heterocycles. The Morgan fingerprint density at radius 1 is 1.64 bits per heavy atom. The van der Waals surface area contributed by atoms with Gasteiger partial charge in [0.2, 0.25) is 5.91 Å². The van der Waals surface area contributed by atoms with Crippen LogP contribution in [0.4, 0.5) is 0 Å². The van der Waals surface area contributed by atoms with Gasteiger partial charge in [0.15, 0.2) is 0 Å². The highest BCUT2D eigenvalue weighted by Crippen LogP contribution is 2.21. The summed E-state index contributed by atoms with van der Waals surface area (Å²) in [7, 11) is 0. The summed E-state index contributed by atoms with van der Waals surface area (Å²) in [6, 6.07) is -0.514. The van der Waals surface area contributed by atoms with Gasteiger partial charge in [-0.05, 0) is 6.92 Å². The van der Waals surface area contributed by atoms with E-state index < -0.39 is 12.0 Å². The first kappa shape index (κ1) is 11.3. The van der Waals surface area contributed by atoms with Crippen molar-refractivity contribution in [3.8, 4) is 0 Å². The zero-order chi connectivity index (χ0) is 10.6. The van der Waals surface area contributed by atoms with Crippen molar-refractivity contribution in [3.63, 3.8) is 0 Å². The second kappa shape index (κ2) is 5.21. The third kappa shape index (κ3) is 3.19. The molecule has 80 valence electrons. The summed E-state index contributed by atoms with van der Waals surface area (Å²) in [4.78, 5) is 21.7. The molecular weight excluding hydrogens is 204 g/mol. The van der Waals surface area contributed by atoms with E-state index in [4.69, 9.17) is 5.11 Å². The normalized spacial score (nSPS) is 26.1. The Bertz CT molecular complexity index is 235. The molecule has 0 saturated carbocycles. The van der Waals surface area contributed by atoms with Crippen LogP contribution < -0.4 is 10.6 Å². The Hall–Kier alpha value is -0.750. The number of carboxylic acids is 1. The number of thioether (sulfide) groups is 1. The Morgan fingerprint density at radius 2 is 2.36 bits per heavy atom. The van der Waals surface area contributed by atoms with E-state index >= 15 is 0 Å². The van der Waals surface area contributed by atoms with Crippen molar-refractivity contribution in [3.05, 3.63) is 0 Å². The van der Waals surface area contributed by atoms with Crippen LogP contribution >= 0.6 is 11.8 Å². The van der Waals surface area contributed by atoms with E-state index in [1.54, 1.807) is 0 Å². The van der Waals surface area contributed by atoms with Crippen LogP contribution in [0.25, 0.3) is 0 Å². The van der Waals surface area contributed by atoms with Gasteiger partial charge in [-0.1, -0.05) is 0 Å². The standard InChI is InChI=1S/C8H14N2O3S/c1-2-9-6(11)3-7-10-5(4-14-7)8(12)13/h5,7,10H,2-4H2,1H3,(H,9,11)(H,12,13)/t5-,7?/m1/s1. The number of hydrogen-bond acceptors (Lipinski definition) is 4. The molecule has 0 aromatic heterocycles. The summed E-state index contributed by atoms with van der Waals surface area (Å²) in [5, 5.41) is 14.2. The minimum Gasteiger partial charge on any atom is -0.480 e. The largest absolute Gasteiger partial charge is 0.480 e. The smallest absolute Gasteiger partial charge is 0.321 e. The van der Waals surface area contributed by atoms with Crippen LogP contribution in [0, 0.1) is 0 Å². The summed E-state index contributed by atoms with van der Waals surface area (Å²) in [6.07, 6.45) is 0.336. The van der Waals surface area contributed by atoms with Crippen LogP contribution in [-0.4, -0.2) is 40.7 Å². The maximum Gasteiger partial charge on any atom is 0.321 e. The highest BCUT2D eigenvalue weighted by Gasteiger charge is 2.30. The SMILES string of the molecule is CCNC(=O)CC1N[C@@H](C(=O)O)CS1. The molecule has 0 radical (unpaired) electrons. The number of hydrogen-bond donors (Lipinski definition) is 3. The minimum atomic E-state index is -0.851. The van der Waals surface area contributed by atoms with Crippen LogP contribution in [0.1, 0.15) is 13.3 Å². The lowest BCUT2D eigenvalue weighted by molar-refractivity contribution is -0.138. The van der Waals surface area contributed by atoms with Gasteiger partial charge < -0.3 is 10.4 Å². The van der Waals surface area contributed by atoms with Crippen LogP contribution in [0.15, 0.2) is 0 Å². The summed E-state index contributed by atoms with van der Waals surface area (Å²) in [6.45, 7) is 2.46. The molecule has 1 saturated heterocycles. The summed E-state index contributed by atoms with van der Waals surface area (Å²) >= 11 is 1.48. The van der Waals surface area contributed by atoms with Gasteiger partial charge in [0.25, 0.3) is 0 Å². The second-order valence-electron chi connectivity index (χ2n) is 3.04. The zero-order valence-electron chi connectivity index (χ0n) is 7.95. The molecule has 1 fully saturated rings. The third-order valence-corrected chi connectivity index (χ3v) is 3.12. The first-order chi connectivity index (χ1) is 6.63. The molecule has 0 spiro atoms. The van der Waals surface area contributed by atoms with Crippen LogP contribution in [0.5, 0.6) is 0 Å². The molecule has 1 amide bonds. The Kier molecular flexibility index (Phi) is 4.21. The van der Waals surface area contributed by atoms with Crippen LogP contribution in [-0.2, 0) is 9.59 Å². The maximum atomic E-state index is 11.2. The molecular formula is C8H14N2O3S. The van der Waals surface area contributed by atoms with Gasteiger partial charge in [-0.3, -0.25) is 14.9 Å². The molecule has 0 bridgehead atoms. The third-order valence-electron chi connectivity index (χ3n) is 1.89. The van der Waals surface area contributed by atoms with E-state index in [1.165, 1.54) is 11.8 Å². The Balaban J connectivity index is 2.28. The van der Waals surface area contributed by atoms with Gasteiger partial charge in [-0.25, -0.2) is 0 Å². The van der Waals surface area contributed by atoms with E-state index in [9.17, 15) is 9.59 Å². The molecule has 5 nitrogen and oxygen atoms in total. The number of carbonyl (C=O) groups excluding carboxylic acids is 1. The maximum absolute atomic E-state index is 11.2. The van der Waals surface area contributed by atoms with Crippen molar-refractivity contribution in [1.29, 1.82) is 0 Å². The van der Waals surface area contributed by atoms with Crippen molar-refractivity contribution in [2.24, 2.45) is 0 Å². The fourth-order valence-electron chi connectivity index (χ4n) is 1.23. The first-order valence-electron chi connectivity index (χ1n) is 4.50. The number of aliphatic carboxylic acids is 1. The molecule has 0 aromatic carbocycles. The lowest BCUT2D eigenvalue weighted by atomic mass is 10.3. The molecule has 1 rings (SSSR count). The van der Waals surface area contributed by atoms with Gasteiger partial charge >= 0.3 is 5.97 Å². The average Bonchev–Trinajstić information content (AvgIpc) is 2.53. The molecule has 2 atom stereocenters. The van der Waals surface area contributed by atoms with E-state index in [0.717, 1.165) is 0 Å². The van der Waals surface area contributed by atoms with E-state index in [0.29, 0.717) is 18.7 Å². The molecule has 6 heteroatoms. The van der Waals surface area contributed by atoms with Gasteiger partial charge in [-0.15, -0.1) is 11.8 Å². The number of amides is 1. The minimum absolute atomic E-state index is 0.0384. The zero-order valence-corrected chi connectivity index (χ0v) is 8.76. The molecule has 14 heavy (non-hydrogen) atoms. The van der Waals surface area contributed by atoms with Gasteiger partial charge in [0.1, 0.15) is 6.04 Å². The van der Waals surface area contributed by atoms with E-state index in [-0.39, 0.29) is 11.3 Å². The number of carboxylic acid groups (broad SMARTS) is 1. The molecule has 1 aliphatic rings. The van der Waals surface area contributed by atoms with Gasteiger partial charge in [-0.2, -0.15) is 0 Å². The van der Waals surface area contributed by atoms with Crippen molar-refractivity contribution in [2.45, 2.75) is 24.8 Å². The van der Waals surface area contributed by atoms with E-state index in [2.05, 4.69) is 10.6 Å². The highest BCUT2D eigenvalue weighted by atomic mass is 32.2. The predicted octanol–water partition coefficient (Wildman–Crippen LogP) is -0.372. The van der Waals surface area contributed by atoms with Crippen molar-refractivity contribution in [1.82, 2.24) is 10.6 Å². The quantitative estimate of drug-likeness (QED) is 0.600. The Morgan fingerprint density at radius 3 is 2.86 bits per heavy atom. The summed E-state index contributed by atoms with van der Waals surface area (Å²) in [5.41, 5.74) is 0. The lowest BCUT2D eigenvalue weighted by Crippen LogP contribution is -2.38. The fraction of sp³-hybridized carbons (Fsp3) is 0.750. The average molecular weight is 218 g/mol. The van der Waals surface area contributed by atoms with Crippen molar-refractivity contribution in [2.75, 3.05) is 12.3 Å². The number of nitrogens with one attached hydrogen (secondary N) is 2. The molecule has 1 heterocycles. The predicted molar refractivity (Wildman–Crippen MR) is 54.1 cm³/mol. The Labute approximate surface area is 86.6 Å². The number of carbonyl (C=O) groups is 2. The highest BCUT2D eigenvalue weighted by molar-refractivity contribution is 8.00. The molecule has 0 aliphatic carbocycles. The topological polar surface area (TPSA) is 78.4 Å². The van der Waals surface area contributed by atoms with Crippen molar-refractivity contribution >= 4 is 23.6 Å². The van der Waals surface area contributed by atoms with E-state index in [1.807, 2.05) is 6.92 Å². The summed E-state index contributed by atoms with van der Waals surface area (Å²) in [5.74, 6) is -0.362. The fourth-order valence-corrected chi connectivity index (χ4v) is 2.42. The summed E-state index contributed by atoms with van der Waals surface area (Å²) < 4.78 is 0. The van der Waals surface area contributed by atoms with Crippen molar-refractivity contribution < 1.29 is 14.7 Å². The first-order valence-corrected chi connectivity index (χ1v) is 5.55. The molecule has 3 N–H and O–H groups in total. The molecule has 0 aromatic rings.